The van der Waals surface area contributed by atoms with Crippen LogP contribution < -0.4 is 0 Å². The van der Waals surface area contributed by atoms with Gasteiger partial charge in [0.1, 0.15) is 0 Å². The van der Waals surface area contributed by atoms with Crippen LogP contribution in [0.25, 0.3) is 0 Å². The molecule has 1 amide bonds. The highest BCUT2D eigenvalue weighted by molar-refractivity contribution is 7.16. The number of amides is 1. The molecule has 1 aliphatic rings. The third-order valence-electron chi connectivity index (χ3n) is 2.61. The molecule has 1 saturated heterocycles. The maximum atomic E-state index is 11.5. The standard InChI is InChI=1S/C10H12ClNO2S/c1-6(8-2-3-9(11)15-8)12-5-7(13)4-10(12)14/h2-3,6-7,13H,4-5H2,1H3. The SMILES string of the molecule is CC(c1ccc(Cl)s1)N1CC(O)CC1=O. The molecule has 1 fully saturated rings. The number of hydrogen-bond donors (Lipinski definition) is 1. The fourth-order valence-corrected chi connectivity index (χ4v) is 2.92. The molecule has 1 N–H and O–H groups in total. The second kappa shape index (κ2) is 4.12. The molecule has 1 aromatic heterocycles. The maximum absolute atomic E-state index is 11.5. The van der Waals surface area contributed by atoms with Gasteiger partial charge in [0.25, 0.3) is 0 Å². The van der Waals surface area contributed by atoms with Crippen molar-refractivity contribution in [2.45, 2.75) is 25.5 Å². The van der Waals surface area contributed by atoms with E-state index in [4.69, 9.17) is 11.6 Å². The first-order chi connectivity index (χ1) is 7.08. The van der Waals surface area contributed by atoms with E-state index in [1.54, 1.807) is 4.90 Å². The van der Waals surface area contributed by atoms with E-state index >= 15 is 0 Å². The summed E-state index contributed by atoms with van der Waals surface area (Å²) in [5.74, 6) is 0.0134. The Morgan fingerprint density at radius 2 is 2.40 bits per heavy atom. The van der Waals surface area contributed by atoms with Crippen LogP contribution in [0.15, 0.2) is 12.1 Å². The molecule has 2 rings (SSSR count). The summed E-state index contributed by atoms with van der Waals surface area (Å²) in [6, 6.07) is 3.76. The Morgan fingerprint density at radius 1 is 1.67 bits per heavy atom. The lowest BCUT2D eigenvalue weighted by atomic mass is 10.2. The lowest BCUT2D eigenvalue weighted by Gasteiger charge is -2.23. The van der Waals surface area contributed by atoms with Crippen molar-refractivity contribution in [3.63, 3.8) is 0 Å². The lowest BCUT2D eigenvalue weighted by Crippen LogP contribution is -2.28. The molecular formula is C10H12ClNO2S. The molecule has 2 atom stereocenters. The quantitative estimate of drug-likeness (QED) is 0.867. The molecule has 0 aromatic carbocycles. The molecule has 1 aromatic rings. The first kappa shape index (κ1) is 10.9. The van der Waals surface area contributed by atoms with E-state index in [0.717, 1.165) is 9.21 Å². The zero-order chi connectivity index (χ0) is 11.0. The van der Waals surface area contributed by atoms with Crippen molar-refractivity contribution in [3.8, 4) is 0 Å². The van der Waals surface area contributed by atoms with E-state index in [1.807, 2.05) is 19.1 Å². The highest BCUT2D eigenvalue weighted by Gasteiger charge is 2.32. The van der Waals surface area contributed by atoms with Crippen molar-refractivity contribution in [1.29, 1.82) is 0 Å². The minimum atomic E-state index is -0.518. The van der Waals surface area contributed by atoms with Gasteiger partial charge in [0, 0.05) is 11.4 Å². The summed E-state index contributed by atoms with van der Waals surface area (Å²) in [6.45, 7) is 2.38. The molecular weight excluding hydrogens is 234 g/mol. The first-order valence-electron chi connectivity index (χ1n) is 4.80. The number of hydrogen-bond acceptors (Lipinski definition) is 3. The van der Waals surface area contributed by atoms with Gasteiger partial charge < -0.3 is 10.0 Å². The highest BCUT2D eigenvalue weighted by Crippen LogP contribution is 2.32. The number of nitrogens with zero attached hydrogens (tertiary/aromatic N) is 1. The number of β-amino-alcohol motifs (C(OH)–C–C–N with tert-alkyl or cyclic N) is 1. The Morgan fingerprint density at radius 3 is 2.87 bits per heavy atom. The van der Waals surface area contributed by atoms with Gasteiger partial charge in [-0.2, -0.15) is 0 Å². The van der Waals surface area contributed by atoms with E-state index in [-0.39, 0.29) is 18.4 Å². The van der Waals surface area contributed by atoms with Crippen LogP contribution in [0.5, 0.6) is 0 Å². The lowest BCUT2D eigenvalue weighted by molar-refractivity contribution is -0.129. The zero-order valence-electron chi connectivity index (χ0n) is 8.31. The maximum Gasteiger partial charge on any atom is 0.225 e. The summed E-state index contributed by atoms with van der Waals surface area (Å²) in [5, 5.41) is 9.39. The van der Waals surface area contributed by atoms with Crippen molar-refractivity contribution < 1.29 is 9.90 Å². The molecule has 2 heterocycles. The van der Waals surface area contributed by atoms with E-state index in [2.05, 4.69) is 0 Å². The van der Waals surface area contributed by atoms with Crippen molar-refractivity contribution in [1.82, 2.24) is 4.90 Å². The second-order valence-electron chi connectivity index (χ2n) is 3.72. The summed E-state index contributed by atoms with van der Waals surface area (Å²) in [6.07, 6.45) is -0.279. The largest absolute Gasteiger partial charge is 0.391 e. The topological polar surface area (TPSA) is 40.5 Å². The average Bonchev–Trinajstić information content (AvgIpc) is 2.71. The molecule has 3 nitrogen and oxygen atoms in total. The van der Waals surface area contributed by atoms with Crippen molar-refractivity contribution >= 4 is 28.8 Å². The number of rotatable bonds is 2. The summed E-state index contributed by atoms with van der Waals surface area (Å²) >= 11 is 7.32. The summed E-state index contributed by atoms with van der Waals surface area (Å²) in [7, 11) is 0. The number of thiophene rings is 1. The monoisotopic (exact) mass is 245 g/mol. The van der Waals surface area contributed by atoms with Gasteiger partial charge in [-0.05, 0) is 19.1 Å². The van der Waals surface area contributed by atoms with Crippen LogP contribution in [0, 0.1) is 0 Å². The minimum Gasteiger partial charge on any atom is -0.391 e. The molecule has 1 aliphatic heterocycles. The Kier molecular flexibility index (Phi) is 3.00. The number of carbonyl (C=O) groups excluding carboxylic acids is 1. The van der Waals surface area contributed by atoms with Gasteiger partial charge in [-0.1, -0.05) is 11.6 Å². The predicted octanol–water partition coefficient (Wildman–Crippen LogP) is 2.06. The second-order valence-corrected chi connectivity index (χ2v) is 5.47. The third kappa shape index (κ3) is 2.17. The van der Waals surface area contributed by atoms with Crippen LogP contribution in [-0.2, 0) is 4.79 Å². The van der Waals surface area contributed by atoms with Crippen LogP contribution in [0.2, 0.25) is 4.34 Å². The smallest absolute Gasteiger partial charge is 0.225 e. The number of aliphatic hydroxyl groups is 1. The molecule has 5 heteroatoms. The van der Waals surface area contributed by atoms with Crippen LogP contribution in [0.1, 0.15) is 24.3 Å². The Labute approximate surface area is 97.3 Å². The van der Waals surface area contributed by atoms with Gasteiger partial charge in [-0.25, -0.2) is 0 Å². The van der Waals surface area contributed by atoms with Crippen LogP contribution in [0.4, 0.5) is 0 Å². The van der Waals surface area contributed by atoms with Crippen molar-refractivity contribution in [2.24, 2.45) is 0 Å². The van der Waals surface area contributed by atoms with Crippen LogP contribution >= 0.6 is 22.9 Å². The molecule has 82 valence electrons. The van der Waals surface area contributed by atoms with Gasteiger partial charge in [0.2, 0.25) is 5.91 Å². The molecule has 0 saturated carbocycles. The van der Waals surface area contributed by atoms with E-state index < -0.39 is 6.10 Å². The molecule has 2 unspecified atom stereocenters. The Hall–Kier alpha value is -0.580. The fraction of sp³-hybridized carbons (Fsp3) is 0.500. The summed E-state index contributed by atoms with van der Waals surface area (Å²) in [4.78, 5) is 14.3. The van der Waals surface area contributed by atoms with Gasteiger partial charge in [0.05, 0.1) is 22.9 Å². The zero-order valence-corrected chi connectivity index (χ0v) is 9.88. The van der Waals surface area contributed by atoms with E-state index in [1.165, 1.54) is 11.3 Å². The summed E-state index contributed by atoms with van der Waals surface area (Å²) < 4.78 is 0.726. The third-order valence-corrected chi connectivity index (χ3v) is 4.01. The molecule has 0 aliphatic carbocycles. The molecule has 0 spiro atoms. The molecule has 0 radical (unpaired) electrons. The number of aliphatic hydroxyl groups excluding tert-OH is 1. The van der Waals surface area contributed by atoms with E-state index in [0.29, 0.717) is 6.54 Å². The number of likely N-dealkylation sites (tertiary alicyclic amines) is 1. The fourth-order valence-electron chi connectivity index (χ4n) is 1.79. The normalized spacial score (nSPS) is 23.5. The average molecular weight is 246 g/mol. The van der Waals surface area contributed by atoms with Gasteiger partial charge >= 0.3 is 0 Å². The van der Waals surface area contributed by atoms with Gasteiger partial charge in [-0.15, -0.1) is 11.3 Å². The summed E-state index contributed by atoms with van der Waals surface area (Å²) in [5.41, 5.74) is 0. The first-order valence-corrected chi connectivity index (χ1v) is 6.00. The Balaban J connectivity index is 2.14. The molecule has 15 heavy (non-hydrogen) atoms. The Bertz CT molecular complexity index is 379. The van der Waals surface area contributed by atoms with Gasteiger partial charge in [0.15, 0.2) is 0 Å². The highest BCUT2D eigenvalue weighted by atomic mass is 35.5. The predicted molar refractivity (Wildman–Crippen MR) is 60.1 cm³/mol. The molecule has 0 bridgehead atoms. The minimum absolute atomic E-state index is 0.00662. The van der Waals surface area contributed by atoms with Crippen molar-refractivity contribution in [2.75, 3.05) is 6.54 Å². The number of halogens is 1. The van der Waals surface area contributed by atoms with Crippen LogP contribution in [0.3, 0.4) is 0 Å². The van der Waals surface area contributed by atoms with Crippen molar-refractivity contribution in [3.05, 3.63) is 21.3 Å². The van der Waals surface area contributed by atoms with Crippen LogP contribution in [-0.4, -0.2) is 28.6 Å². The van der Waals surface area contributed by atoms with E-state index in [9.17, 15) is 9.90 Å². The number of carbonyl (C=O) groups is 1. The van der Waals surface area contributed by atoms with Gasteiger partial charge in [-0.3, -0.25) is 4.79 Å².